The molecule has 1 aromatic rings. The molecule has 16 heavy (non-hydrogen) atoms. The van der Waals surface area contributed by atoms with E-state index in [1.165, 1.54) is 0 Å². The van der Waals surface area contributed by atoms with Crippen molar-refractivity contribution in [2.24, 2.45) is 11.7 Å². The van der Waals surface area contributed by atoms with Crippen molar-refractivity contribution in [2.75, 3.05) is 11.9 Å². The van der Waals surface area contributed by atoms with E-state index in [0.717, 1.165) is 15.8 Å². The van der Waals surface area contributed by atoms with E-state index in [1.807, 2.05) is 0 Å². The largest absolute Gasteiger partial charge is 0.363 e. The summed E-state index contributed by atoms with van der Waals surface area (Å²) in [6, 6.07) is 0. The summed E-state index contributed by atoms with van der Waals surface area (Å²) >= 11 is 2.22. The predicted molar refractivity (Wildman–Crippen MR) is 75.3 cm³/mol. The topological polar surface area (TPSA) is 63.8 Å². The minimum absolute atomic E-state index is 0.109. The number of hydrogen-bond acceptors (Lipinski definition) is 4. The minimum atomic E-state index is -0.109. The number of anilines is 1. The van der Waals surface area contributed by atoms with Crippen molar-refractivity contribution in [3.63, 3.8) is 0 Å². The fourth-order valence-electron chi connectivity index (χ4n) is 1.78. The van der Waals surface area contributed by atoms with E-state index < -0.39 is 0 Å². The summed E-state index contributed by atoms with van der Waals surface area (Å²) in [5.74, 6) is 1.46. The van der Waals surface area contributed by atoms with Crippen LogP contribution in [0, 0.1) is 9.49 Å². The van der Waals surface area contributed by atoms with Crippen LogP contribution in [0.1, 0.15) is 27.2 Å². The van der Waals surface area contributed by atoms with Crippen molar-refractivity contribution in [2.45, 2.75) is 32.7 Å². The molecular formula is C11H19IN4. The Hall–Kier alpha value is -0.430. The Bertz CT molecular complexity index is 343. The number of nitrogens with one attached hydrogen (secondary N) is 1. The zero-order valence-corrected chi connectivity index (χ0v) is 12.2. The summed E-state index contributed by atoms with van der Waals surface area (Å²) in [6.07, 6.45) is 4.36. The van der Waals surface area contributed by atoms with Gasteiger partial charge in [-0.3, -0.25) is 0 Å². The first kappa shape index (κ1) is 13.6. The number of hydrogen-bond donors (Lipinski definition) is 2. The van der Waals surface area contributed by atoms with Gasteiger partial charge >= 0.3 is 0 Å². The number of aromatic nitrogens is 2. The molecule has 3 N–H and O–H groups in total. The summed E-state index contributed by atoms with van der Waals surface area (Å²) in [7, 11) is 0. The van der Waals surface area contributed by atoms with E-state index in [4.69, 9.17) is 5.73 Å². The van der Waals surface area contributed by atoms with E-state index in [1.54, 1.807) is 12.5 Å². The van der Waals surface area contributed by atoms with Crippen LogP contribution in [0.5, 0.6) is 0 Å². The maximum Gasteiger partial charge on any atom is 0.143 e. The molecular weight excluding hydrogens is 315 g/mol. The molecule has 0 saturated heterocycles. The number of rotatable bonds is 5. The van der Waals surface area contributed by atoms with Gasteiger partial charge in [-0.05, 0) is 41.9 Å². The Labute approximate surface area is 111 Å². The van der Waals surface area contributed by atoms with Crippen LogP contribution < -0.4 is 11.1 Å². The highest BCUT2D eigenvalue weighted by Crippen LogP contribution is 2.22. The second kappa shape index (κ2) is 5.77. The molecule has 0 aromatic carbocycles. The molecule has 0 bridgehead atoms. The first-order valence-electron chi connectivity index (χ1n) is 5.40. The molecule has 0 radical (unpaired) electrons. The van der Waals surface area contributed by atoms with E-state index in [0.29, 0.717) is 12.5 Å². The quantitative estimate of drug-likeness (QED) is 0.811. The van der Waals surface area contributed by atoms with Crippen LogP contribution in [0.4, 0.5) is 5.82 Å². The van der Waals surface area contributed by atoms with Gasteiger partial charge in [-0.25, -0.2) is 9.97 Å². The molecule has 5 heteroatoms. The van der Waals surface area contributed by atoms with Crippen molar-refractivity contribution < 1.29 is 0 Å². The Morgan fingerprint density at radius 1 is 1.56 bits per heavy atom. The van der Waals surface area contributed by atoms with E-state index >= 15 is 0 Å². The van der Waals surface area contributed by atoms with Gasteiger partial charge in [-0.15, -0.1) is 0 Å². The lowest BCUT2D eigenvalue weighted by Crippen LogP contribution is -2.44. The fourth-order valence-corrected chi connectivity index (χ4v) is 2.21. The normalized spacial score (nSPS) is 14.9. The number of nitrogens with two attached hydrogens (primary N) is 1. The Kier molecular flexibility index (Phi) is 4.91. The second-order valence-corrected chi connectivity index (χ2v) is 5.87. The van der Waals surface area contributed by atoms with Crippen molar-refractivity contribution in [3.05, 3.63) is 16.1 Å². The molecule has 0 fully saturated rings. The first-order chi connectivity index (χ1) is 7.47. The number of nitrogens with zero attached hydrogens (tertiary/aromatic N) is 2. The van der Waals surface area contributed by atoms with Crippen LogP contribution >= 0.6 is 22.6 Å². The van der Waals surface area contributed by atoms with Crippen LogP contribution in [0.15, 0.2) is 12.5 Å². The molecule has 1 aromatic heterocycles. The second-order valence-electron chi connectivity index (χ2n) is 4.71. The average molecular weight is 334 g/mol. The van der Waals surface area contributed by atoms with Gasteiger partial charge in [0, 0.05) is 18.3 Å². The Balaban J connectivity index is 2.81. The predicted octanol–water partition coefficient (Wildman–Crippen LogP) is 2.26. The lowest BCUT2D eigenvalue weighted by molar-refractivity contribution is 0.405. The third-order valence-electron chi connectivity index (χ3n) is 2.40. The third-order valence-corrected chi connectivity index (χ3v) is 3.19. The summed E-state index contributed by atoms with van der Waals surface area (Å²) in [5, 5.41) is 3.42. The van der Waals surface area contributed by atoms with Gasteiger partial charge in [0.25, 0.3) is 0 Å². The summed E-state index contributed by atoms with van der Waals surface area (Å²) in [4.78, 5) is 8.21. The maximum absolute atomic E-state index is 5.84. The fraction of sp³-hybridized carbons (Fsp3) is 0.636. The van der Waals surface area contributed by atoms with Gasteiger partial charge in [-0.2, -0.15) is 0 Å². The average Bonchev–Trinajstić information content (AvgIpc) is 2.20. The highest BCUT2D eigenvalue weighted by Gasteiger charge is 2.24. The van der Waals surface area contributed by atoms with Crippen molar-refractivity contribution in [1.29, 1.82) is 0 Å². The highest BCUT2D eigenvalue weighted by molar-refractivity contribution is 14.1. The van der Waals surface area contributed by atoms with Crippen LogP contribution in [0.3, 0.4) is 0 Å². The van der Waals surface area contributed by atoms with Gasteiger partial charge in [0.2, 0.25) is 0 Å². The first-order valence-corrected chi connectivity index (χ1v) is 6.48. The van der Waals surface area contributed by atoms with Gasteiger partial charge in [0.15, 0.2) is 0 Å². The summed E-state index contributed by atoms with van der Waals surface area (Å²) in [5.41, 5.74) is 5.74. The molecule has 1 heterocycles. The smallest absolute Gasteiger partial charge is 0.143 e. The molecule has 0 saturated carbocycles. The Morgan fingerprint density at radius 3 is 2.75 bits per heavy atom. The standard InChI is InChI=1S/C11H19IN4/c1-8(2)4-11(3,6-13)16-10-9(12)5-14-7-15-10/h5,7-8H,4,6,13H2,1-3H3,(H,14,15,16). The molecule has 0 spiro atoms. The monoisotopic (exact) mass is 334 g/mol. The molecule has 1 rings (SSSR count). The number of halogens is 1. The van der Waals surface area contributed by atoms with Gasteiger partial charge in [0.05, 0.1) is 3.57 Å². The highest BCUT2D eigenvalue weighted by atomic mass is 127. The molecule has 4 nitrogen and oxygen atoms in total. The zero-order valence-electron chi connectivity index (χ0n) is 10.00. The third kappa shape index (κ3) is 3.86. The molecule has 0 aliphatic heterocycles. The van der Waals surface area contributed by atoms with Crippen molar-refractivity contribution in [3.8, 4) is 0 Å². The van der Waals surface area contributed by atoms with Gasteiger partial charge < -0.3 is 11.1 Å². The van der Waals surface area contributed by atoms with Crippen LogP contribution in [0.25, 0.3) is 0 Å². The SMILES string of the molecule is CC(C)CC(C)(CN)Nc1ncncc1I. The van der Waals surface area contributed by atoms with Crippen molar-refractivity contribution in [1.82, 2.24) is 9.97 Å². The molecule has 0 aliphatic carbocycles. The van der Waals surface area contributed by atoms with E-state index in [2.05, 4.69) is 58.6 Å². The zero-order chi connectivity index (χ0) is 12.2. The molecule has 0 amide bonds. The maximum atomic E-state index is 5.84. The van der Waals surface area contributed by atoms with Crippen molar-refractivity contribution >= 4 is 28.4 Å². The summed E-state index contributed by atoms with van der Waals surface area (Å²) < 4.78 is 1.02. The van der Waals surface area contributed by atoms with E-state index in [-0.39, 0.29) is 5.54 Å². The summed E-state index contributed by atoms with van der Waals surface area (Å²) in [6.45, 7) is 7.11. The van der Waals surface area contributed by atoms with Gasteiger partial charge in [-0.1, -0.05) is 13.8 Å². The van der Waals surface area contributed by atoms with E-state index in [9.17, 15) is 0 Å². The molecule has 1 unspecified atom stereocenters. The van der Waals surface area contributed by atoms with Crippen LogP contribution in [0.2, 0.25) is 0 Å². The molecule has 90 valence electrons. The lowest BCUT2D eigenvalue weighted by atomic mass is 9.91. The van der Waals surface area contributed by atoms with Crippen LogP contribution in [-0.4, -0.2) is 22.1 Å². The molecule has 0 aliphatic rings. The van der Waals surface area contributed by atoms with Gasteiger partial charge in [0.1, 0.15) is 12.1 Å². The lowest BCUT2D eigenvalue weighted by Gasteiger charge is -2.32. The molecule has 1 atom stereocenters. The Morgan fingerprint density at radius 2 is 2.25 bits per heavy atom. The van der Waals surface area contributed by atoms with Crippen LogP contribution in [-0.2, 0) is 0 Å². The minimum Gasteiger partial charge on any atom is -0.363 e.